The van der Waals surface area contributed by atoms with Gasteiger partial charge in [-0.05, 0) is 67.2 Å². The summed E-state index contributed by atoms with van der Waals surface area (Å²) in [7, 11) is 0. The predicted octanol–water partition coefficient (Wildman–Crippen LogP) is 5.01. The van der Waals surface area contributed by atoms with Crippen molar-refractivity contribution in [3.63, 3.8) is 0 Å². The molecule has 0 unspecified atom stereocenters. The Bertz CT molecular complexity index is 609. The minimum atomic E-state index is 0.0751. The monoisotopic (exact) mass is 331 g/mol. The predicted molar refractivity (Wildman–Crippen MR) is 92.8 cm³/mol. The molecular weight excluding hydrogens is 313 g/mol. The summed E-state index contributed by atoms with van der Waals surface area (Å²) in [6.45, 7) is 3.56. The van der Waals surface area contributed by atoms with Crippen LogP contribution < -0.4 is 0 Å². The van der Waals surface area contributed by atoms with Gasteiger partial charge < -0.3 is 4.90 Å². The highest BCUT2D eigenvalue weighted by Gasteiger charge is 2.48. The van der Waals surface area contributed by atoms with Crippen molar-refractivity contribution in [1.29, 1.82) is 0 Å². The summed E-state index contributed by atoms with van der Waals surface area (Å²) in [6, 6.07) is 16.9. The molecule has 0 aromatic heterocycles. The highest BCUT2D eigenvalue weighted by Crippen LogP contribution is 2.49. The quantitative estimate of drug-likeness (QED) is 0.748. The van der Waals surface area contributed by atoms with E-state index in [2.05, 4.69) is 29.2 Å². The zero-order valence-corrected chi connectivity index (χ0v) is 13.9. The van der Waals surface area contributed by atoms with Gasteiger partial charge in [-0.15, -0.1) is 0 Å². The standard InChI is InChI=1S/C19H19Cl2N/c20-17-5-1-14(2-6-17)19(15-3-7-18(21)8-4-15)13-22-11-9-16(19)10-12-22/h1-8,16H,9-13H2. The van der Waals surface area contributed by atoms with Gasteiger partial charge in [-0.1, -0.05) is 47.5 Å². The van der Waals surface area contributed by atoms with Gasteiger partial charge >= 0.3 is 0 Å². The van der Waals surface area contributed by atoms with E-state index in [1.165, 1.54) is 37.1 Å². The largest absolute Gasteiger partial charge is 0.302 e. The Hall–Kier alpha value is -1.02. The number of rotatable bonds is 2. The minimum Gasteiger partial charge on any atom is -0.302 e. The molecule has 2 bridgehead atoms. The van der Waals surface area contributed by atoms with Gasteiger partial charge in [0.15, 0.2) is 0 Å². The van der Waals surface area contributed by atoms with Crippen LogP contribution in [-0.4, -0.2) is 24.5 Å². The van der Waals surface area contributed by atoms with E-state index >= 15 is 0 Å². The van der Waals surface area contributed by atoms with Crippen LogP contribution in [0.5, 0.6) is 0 Å². The van der Waals surface area contributed by atoms with Crippen LogP contribution in [0.4, 0.5) is 0 Å². The third kappa shape index (κ3) is 2.27. The molecule has 1 nitrogen and oxygen atoms in total. The van der Waals surface area contributed by atoms with Crippen LogP contribution >= 0.6 is 23.2 Å². The average molecular weight is 332 g/mol. The van der Waals surface area contributed by atoms with Gasteiger partial charge in [0, 0.05) is 22.0 Å². The van der Waals surface area contributed by atoms with Crippen LogP contribution in [0, 0.1) is 5.92 Å². The van der Waals surface area contributed by atoms with Crippen LogP contribution in [0.1, 0.15) is 24.0 Å². The maximum Gasteiger partial charge on any atom is 0.0406 e. The van der Waals surface area contributed by atoms with Crippen molar-refractivity contribution in [3.05, 3.63) is 69.7 Å². The van der Waals surface area contributed by atoms with Crippen molar-refractivity contribution in [2.75, 3.05) is 19.6 Å². The smallest absolute Gasteiger partial charge is 0.0406 e. The Morgan fingerprint density at radius 3 is 1.59 bits per heavy atom. The van der Waals surface area contributed by atoms with Crippen LogP contribution in [0.15, 0.2) is 48.5 Å². The molecule has 0 saturated carbocycles. The first kappa shape index (κ1) is 14.6. The number of hydrogen-bond donors (Lipinski definition) is 0. The van der Waals surface area contributed by atoms with Gasteiger partial charge in [0.25, 0.3) is 0 Å². The van der Waals surface area contributed by atoms with E-state index in [4.69, 9.17) is 23.2 Å². The van der Waals surface area contributed by atoms with E-state index in [1.54, 1.807) is 0 Å². The van der Waals surface area contributed by atoms with Gasteiger partial charge in [-0.2, -0.15) is 0 Å². The Labute approximate surface area is 141 Å². The lowest BCUT2D eigenvalue weighted by Crippen LogP contribution is -2.57. The normalized spacial score (nSPS) is 26.1. The first-order valence-electron chi connectivity index (χ1n) is 7.93. The lowest BCUT2D eigenvalue weighted by Gasteiger charge is -2.54. The fourth-order valence-electron chi connectivity index (χ4n) is 4.38. The second kappa shape index (κ2) is 5.56. The Morgan fingerprint density at radius 2 is 1.23 bits per heavy atom. The first-order valence-corrected chi connectivity index (χ1v) is 8.68. The minimum absolute atomic E-state index is 0.0751. The summed E-state index contributed by atoms with van der Waals surface area (Å²) in [5, 5.41) is 1.60. The van der Waals surface area contributed by atoms with Crippen LogP contribution in [0.2, 0.25) is 10.0 Å². The number of fused-ring (bicyclic) bond motifs is 3. The Balaban J connectivity index is 1.88. The van der Waals surface area contributed by atoms with E-state index in [0.717, 1.165) is 16.6 Å². The molecule has 0 amide bonds. The Kier molecular flexibility index (Phi) is 3.68. The summed E-state index contributed by atoms with van der Waals surface area (Å²) in [6.07, 6.45) is 2.54. The molecular formula is C19H19Cl2N. The van der Waals surface area contributed by atoms with Gasteiger partial charge in [0.1, 0.15) is 0 Å². The number of nitrogens with zero attached hydrogens (tertiary/aromatic N) is 1. The van der Waals surface area contributed by atoms with Crippen molar-refractivity contribution in [3.8, 4) is 0 Å². The Morgan fingerprint density at radius 1 is 0.773 bits per heavy atom. The fourth-order valence-corrected chi connectivity index (χ4v) is 4.63. The molecule has 114 valence electrons. The van der Waals surface area contributed by atoms with Gasteiger partial charge in [-0.3, -0.25) is 0 Å². The molecule has 3 heterocycles. The van der Waals surface area contributed by atoms with E-state index < -0.39 is 0 Å². The topological polar surface area (TPSA) is 3.24 Å². The molecule has 5 rings (SSSR count). The molecule has 0 aliphatic carbocycles. The average Bonchev–Trinajstić information content (AvgIpc) is 2.57. The fraction of sp³-hybridized carbons (Fsp3) is 0.368. The van der Waals surface area contributed by atoms with Gasteiger partial charge in [0.05, 0.1) is 0 Å². The zero-order valence-electron chi connectivity index (χ0n) is 12.4. The maximum absolute atomic E-state index is 6.11. The van der Waals surface area contributed by atoms with E-state index in [0.29, 0.717) is 5.92 Å². The molecule has 0 radical (unpaired) electrons. The van der Waals surface area contributed by atoms with E-state index in [1.807, 2.05) is 24.3 Å². The molecule has 3 aliphatic rings. The van der Waals surface area contributed by atoms with Gasteiger partial charge in [-0.25, -0.2) is 0 Å². The number of hydrogen-bond acceptors (Lipinski definition) is 1. The number of benzene rings is 2. The lowest BCUT2D eigenvalue weighted by atomic mass is 9.59. The van der Waals surface area contributed by atoms with E-state index in [-0.39, 0.29) is 5.41 Å². The summed E-state index contributed by atoms with van der Waals surface area (Å²) in [4.78, 5) is 2.60. The second-order valence-electron chi connectivity index (χ2n) is 6.54. The zero-order chi connectivity index (χ0) is 15.2. The van der Waals surface area contributed by atoms with E-state index in [9.17, 15) is 0 Å². The van der Waals surface area contributed by atoms with Crippen molar-refractivity contribution in [2.24, 2.45) is 5.92 Å². The summed E-state index contributed by atoms with van der Waals surface area (Å²) >= 11 is 12.2. The van der Waals surface area contributed by atoms with Crippen molar-refractivity contribution in [2.45, 2.75) is 18.3 Å². The summed E-state index contributed by atoms with van der Waals surface area (Å²) < 4.78 is 0. The maximum atomic E-state index is 6.11. The lowest BCUT2D eigenvalue weighted by molar-refractivity contribution is 0.0451. The highest BCUT2D eigenvalue weighted by molar-refractivity contribution is 6.30. The molecule has 3 aliphatic heterocycles. The molecule has 0 N–H and O–H groups in total. The second-order valence-corrected chi connectivity index (χ2v) is 7.41. The molecule has 3 saturated heterocycles. The van der Waals surface area contributed by atoms with Crippen LogP contribution in [0.3, 0.4) is 0 Å². The molecule has 0 spiro atoms. The molecule has 2 aromatic rings. The molecule has 22 heavy (non-hydrogen) atoms. The SMILES string of the molecule is Clc1ccc(C2(c3ccc(Cl)cc3)CN3CCC2CC3)cc1. The number of piperidine rings is 3. The summed E-state index contributed by atoms with van der Waals surface area (Å²) in [5.74, 6) is 0.694. The molecule has 3 heteroatoms. The number of halogens is 2. The van der Waals surface area contributed by atoms with Crippen LogP contribution in [0.25, 0.3) is 0 Å². The van der Waals surface area contributed by atoms with Crippen molar-refractivity contribution >= 4 is 23.2 Å². The molecule has 2 aromatic carbocycles. The van der Waals surface area contributed by atoms with Crippen molar-refractivity contribution < 1.29 is 0 Å². The third-order valence-corrected chi connectivity index (χ3v) is 5.98. The molecule has 0 atom stereocenters. The van der Waals surface area contributed by atoms with Crippen LogP contribution in [-0.2, 0) is 5.41 Å². The van der Waals surface area contributed by atoms with Gasteiger partial charge in [0.2, 0.25) is 0 Å². The summed E-state index contributed by atoms with van der Waals surface area (Å²) in [5.41, 5.74) is 2.84. The molecule has 3 fully saturated rings. The first-order chi connectivity index (χ1) is 10.7. The third-order valence-electron chi connectivity index (χ3n) is 5.48. The van der Waals surface area contributed by atoms with Crippen molar-refractivity contribution in [1.82, 2.24) is 4.90 Å². The highest BCUT2D eigenvalue weighted by atomic mass is 35.5.